The largest absolute Gasteiger partial charge is 0.494 e. The van der Waals surface area contributed by atoms with E-state index in [0.717, 1.165) is 39.5 Å². The average molecular weight is 471 g/mol. The van der Waals surface area contributed by atoms with Crippen molar-refractivity contribution in [1.29, 1.82) is 0 Å². The summed E-state index contributed by atoms with van der Waals surface area (Å²) in [4.78, 5) is 13.8. The number of hydrogen-bond acceptors (Lipinski definition) is 6. The van der Waals surface area contributed by atoms with Crippen LogP contribution in [0.15, 0.2) is 78.0 Å². The lowest BCUT2D eigenvalue weighted by molar-refractivity contribution is -0.116. The minimum absolute atomic E-state index is 0.0293. The van der Waals surface area contributed by atoms with Gasteiger partial charge in [0.25, 0.3) is 0 Å². The third kappa shape index (κ3) is 4.32. The molecule has 1 aliphatic carbocycles. The monoisotopic (exact) mass is 470 g/mol. The van der Waals surface area contributed by atoms with Crippen LogP contribution in [-0.4, -0.2) is 26.6 Å². The van der Waals surface area contributed by atoms with Crippen molar-refractivity contribution in [3.05, 3.63) is 89.1 Å². The van der Waals surface area contributed by atoms with Crippen molar-refractivity contribution in [2.24, 2.45) is 0 Å². The van der Waals surface area contributed by atoms with Gasteiger partial charge in [-0.05, 0) is 55.2 Å². The second-order valence-corrected chi connectivity index (χ2v) is 8.75. The smallest absolute Gasteiger partial charge is 0.163 e. The first-order valence-electron chi connectivity index (χ1n) is 11.9. The van der Waals surface area contributed by atoms with E-state index < -0.39 is 0 Å². The number of allylic oxidation sites excluding steroid dienone is 1. The Labute approximate surface area is 205 Å². The summed E-state index contributed by atoms with van der Waals surface area (Å²) in [7, 11) is 3.25. The Morgan fingerprint density at radius 1 is 0.857 bits per heavy atom. The fourth-order valence-corrected chi connectivity index (χ4v) is 5.07. The van der Waals surface area contributed by atoms with E-state index in [2.05, 4.69) is 10.6 Å². The Morgan fingerprint density at radius 2 is 1.60 bits per heavy atom. The Hall–Kier alpha value is -3.93. The van der Waals surface area contributed by atoms with Gasteiger partial charge in [0.15, 0.2) is 17.3 Å². The average Bonchev–Trinajstić information content (AvgIpc) is 3.05. The van der Waals surface area contributed by atoms with Crippen LogP contribution in [0.3, 0.4) is 0 Å². The molecule has 0 amide bonds. The van der Waals surface area contributed by atoms with E-state index in [1.807, 2.05) is 73.7 Å². The molecule has 6 nitrogen and oxygen atoms in total. The van der Waals surface area contributed by atoms with Crippen molar-refractivity contribution >= 4 is 17.2 Å². The molecule has 2 aliphatic rings. The first-order valence-corrected chi connectivity index (χ1v) is 11.9. The predicted octanol–water partition coefficient (Wildman–Crippen LogP) is 6.08. The second-order valence-electron chi connectivity index (χ2n) is 8.75. The van der Waals surface area contributed by atoms with Crippen LogP contribution in [0.25, 0.3) is 0 Å². The van der Waals surface area contributed by atoms with Gasteiger partial charge in [-0.2, -0.15) is 0 Å². The molecule has 6 heteroatoms. The van der Waals surface area contributed by atoms with E-state index in [0.29, 0.717) is 30.9 Å². The molecule has 0 unspecified atom stereocenters. The highest BCUT2D eigenvalue weighted by molar-refractivity contribution is 6.01. The van der Waals surface area contributed by atoms with Crippen LogP contribution < -0.4 is 24.8 Å². The van der Waals surface area contributed by atoms with Gasteiger partial charge in [-0.1, -0.05) is 36.4 Å². The summed E-state index contributed by atoms with van der Waals surface area (Å²) in [6.07, 6.45) is 1.13. The Kier molecular flexibility index (Phi) is 6.36. The van der Waals surface area contributed by atoms with Crippen LogP contribution in [-0.2, 0) is 4.79 Å². The lowest BCUT2D eigenvalue weighted by Crippen LogP contribution is -2.27. The van der Waals surface area contributed by atoms with Gasteiger partial charge in [-0.15, -0.1) is 0 Å². The summed E-state index contributed by atoms with van der Waals surface area (Å²) in [5, 5.41) is 7.23. The SMILES string of the molecule is CCOc1ccccc1[C@@H]1Nc2ccccc2NC2=C1C(=O)C[C@H](c1ccc(OC)c(OC)c1)C2. The van der Waals surface area contributed by atoms with Gasteiger partial charge in [0.2, 0.25) is 0 Å². The highest BCUT2D eigenvalue weighted by Gasteiger charge is 2.37. The number of Topliss-reactive ketones (excluding diaryl/α,β-unsaturated/α-hetero) is 1. The molecule has 5 rings (SSSR count). The maximum atomic E-state index is 13.8. The molecule has 0 spiro atoms. The number of rotatable bonds is 6. The van der Waals surface area contributed by atoms with E-state index in [-0.39, 0.29) is 17.7 Å². The van der Waals surface area contributed by atoms with Crippen LogP contribution in [0.2, 0.25) is 0 Å². The van der Waals surface area contributed by atoms with Crippen LogP contribution in [0.5, 0.6) is 17.2 Å². The number of carbonyl (C=O) groups excluding carboxylic acids is 1. The summed E-state index contributed by atoms with van der Waals surface area (Å²) >= 11 is 0. The topological polar surface area (TPSA) is 68.8 Å². The van der Waals surface area contributed by atoms with Crippen molar-refractivity contribution in [2.75, 3.05) is 31.5 Å². The lowest BCUT2D eigenvalue weighted by atomic mass is 9.78. The van der Waals surface area contributed by atoms with Crippen LogP contribution in [0.1, 0.15) is 42.9 Å². The molecule has 2 N–H and O–H groups in total. The number of ketones is 1. The maximum absolute atomic E-state index is 13.8. The number of methoxy groups -OCH3 is 2. The fraction of sp³-hybridized carbons (Fsp3) is 0.276. The third-order valence-corrected chi connectivity index (χ3v) is 6.72. The normalized spacial score (nSPS) is 19.0. The number of ether oxygens (including phenoxy) is 3. The molecular weight excluding hydrogens is 440 g/mol. The minimum Gasteiger partial charge on any atom is -0.494 e. The van der Waals surface area contributed by atoms with Crippen molar-refractivity contribution in [3.8, 4) is 17.2 Å². The highest BCUT2D eigenvalue weighted by atomic mass is 16.5. The number of para-hydroxylation sites is 3. The Bertz CT molecular complexity index is 1280. The van der Waals surface area contributed by atoms with Gasteiger partial charge >= 0.3 is 0 Å². The minimum atomic E-state index is -0.317. The van der Waals surface area contributed by atoms with Gasteiger partial charge in [-0.3, -0.25) is 4.79 Å². The first kappa shape index (κ1) is 22.8. The van der Waals surface area contributed by atoms with Crippen molar-refractivity contribution in [3.63, 3.8) is 0 Å². The quantitative estimate of drug-likeness (QED) is 0.455. The van der Waals surface area contributed by atoms with Crippen molar-refractivity contribution in [2.45, 2.75) is 31.7 Å². The van der Waals surface area contributed by atoms with Gasteiger partial charge in [0, 0.05) is 23.3 Å². The Morgan fingerprint density at radius 3 is 2.37 bits per heavy atom. The molecule has 1 heterocycles. The van der Waals surface area contributed by atoms with Gasteiger partial charge in [-0.25, -0.2) is 0 Å². The predicted molar refractivity (Wildman–Crippen MR) is 138 cm³/mol. The summed E-state index contributed by atoms with van der Waals surface area (Å²) < 4.78 is 16.9. The summed E-state index contributed by atoms with van der Waals surface area (Å²) in [5.74, 6) is 2.28. The molecule has 0 bridgehead atoms. The van der Waals surface area contributed by atoms with Crippen LogP contribution in [0, 0.1) is 0 Å². The molecule has 0 saturated heterocycles. The molecule has 180 valence electrons. The van der Waals surface area contributed by atoms with E-state index in [1.165, 1.54) is 0 Å². The van der Waals surface area contributed by atoms with E-state index in [9.17, 15) is 4.79 Å². The molecule has 1 aliphatic heterocycles. The van der Waals surface area contributed by atoms with E-state index in [1.54, 1.807) is 14.2 Å². The number of hydrogen-bond donors (Lipinski definition) is 2. The summed E-state index contributed by atoms with van der Waals surface area (Å²) in [6.45, 7) is 2.53. The zero-order chi connectivity index (χ0) is 24.4. The van der Waals surface area contributed by atoms with Gasteiger partial charge in [0.1, 0.15) is 5.75 Å². The molecule has 0 fully saturated rings. The number of carbonyl (C=O) groups is 1. The number of benzene rings is 3. The molecule has 2 atom stereocenters. The molecule has 0 radical (unpaired) electrons. The molecule has 0 aromatic heterocycles. The number of anilines is 2. The number of fused-ring (bicyclic) bond motifs is 1. The van der Waals surface area contributed by atoms with Crippen molar-refractivity contribution in [1.82, 2.24) is 0 Å². The zero-order valence-electron chi connectivity index (χ0n) is 20.3. The van der Waals surface area contributed by atoms with Gasteiger partial charge in [0.05, 0.1) is 38.2 Å². The Balaban J connectivity index is 1.60. The number of nitrogens with one attached hydrogen (secondary N) is 2. The van der Waals surface area contributed by atoms with E-state index >= 15 is 0 Å². The standard InChI is InChI=1S/C29H30N2O4/c1-4-35-25-12-8-5-9-20(25)29-28-23(30-21-10-6-7-11-22(21)31-29)15-19(16-24(28)32)18-13-14-26(33-2)27(17-18)34-3/h5-14,17,19,29-31H,4,15-16H2,1-3H3/t19-,29+/m1/s1. The fourth-order valence-electron chi connectivity index (χ4n) is 5.07. The third-order valence-electron chi connectivity index (χ3n) is 6.72. The summed E-state index contributed by atoms with van der Waals surface area (Å²) in [5.41, 5.74) is 5.63. The lowest BCUT2D eigenvalue weighted by Gasteiger charge is -2.30. The molecule has 3 aromatic rings. The molecular formula is C29H30N2O4. The van der Waals surface area contributed by atoms with Gasteiger partial charge < -0.3 is 24.8 Å². The maximum Gasteiger partial charge on any atom is 0.163 e. The first-order chi connectivity index (χ1) is 17.1. The highest BCUT2D eigenvalue weighted by Crippen LogP contribution is 2.46. The molecule has 0 saturated carbocycles. The second kappa shape index (κ2) is 9.74. The molecule has 35 heavy (non-hydrogen) atoms. The van der Waals surface area contributed by atoms with Crippen LogP contribution in [0.4, 0.5) is 11.4 Å². The molecule has 3 aromatic carbocycles. The summed E-state index contributed by atoms with van der Waals surface area (Å²) in [6, 6.07) is 21.6. The van der Waals surface area contributed by atoms with E-state index in [4.69, 9.17) is 14.2 Å². The van der Waals surface area contributed by atoms with Crippen LogP contribution >= 0.6 is 0 Å². The zero-order valence-corrected chi connectivity index (χ0v) is 20.3. The van der Waals surface area contributed by atoms with Crippen molar-refractivity contribution < 1.29 is 19.0 Å².